The number of nitrogens with one attached hydrogen (secondary N) is 2. The van der Waals surface area contributed by atoms with Gasteiger partial charge in [0.1, 0.15) is 13.1 Å². The van der Waals surface area contributed by atoms with Gasteiger partial charge in [-0.1, -0.05) is 15.9 Å². The summed E-state index contributed by atoms with van der Waals surface area (Å²) in [6.45, 7) is 3.27. The maximum absolute atomic E-state index is 12.5. The molecule has 2 heterocycles. The van der Waals surface area contributed by atoms with Crippen LogP contribution in [0.4, 0.5) is 0 Å². The second-order valence-electron chi connectivity index (χ2n) is 5.64. The van der Waals surface area contributed by atoms with Crippen molar-refractivity contribution in [2.75, 3.05) is 32.8 Å². The zero-order valence-electron chi connectivity index (χ0n) is 13.1. The maximum Gasteiger partial charge on any atom is 0.240 e. The number of benzene rings is 1. The first-order chi connectivity index (χ1) is 11.6. The molecule has 24 heavy (non-hydrogen) atoms. The maximum atomic E-state index is 12.5. The zero-order chi connectivity index (χ0) is 17.0. The van der Waals surface area contributed by atoms with E-state index in [1.54, 1.807) is 30.5 Å². The summed E-state index contributed by atoms with van der Waals surface area (Å²) < 4.78 is 39.5. The molecule has 2 aromatic rings. The SMILES string of the molecule is O=S(=O)(NC[C@@H](c1ccco1)[NH+]1CCOCC1)c1ccc(Br)cc1. The van der Waals surface area contributed by atoms with E-state index in [9.17, 15) is 8.42 Å². The van der Waals surface area contributed by atoms with Crippen molar-refractivity contribution in [2.24, 2.45) is 0 Å². The zero-order valence-corrected chi connectivity index (χ0v) is 15.5. The van der Waals surface area contributed by atoms with Crippen molar-refractivity contribution in [1.29, 1.82) is 0 Å². The Morgan fingerprint density at radius 1 is 1.17 bits per heavy atom. The predicted molar refractivity (Wildman–Crippen MR) is 92.3 cm³/mol. The summed E-state index contributed by atoms with van der Waals surface area (Å²) in [5.41, 5.74) is 0. The normalized spacial score (nSPS) is 17.7. The molecule has 0 amide bonds. The van der Waals surface area contributed by atoms with Gasteiger partial charge < -0.3 is 14.1 Å². The number of rotatable bonds is 6. The smallest absolute Gasteiger partial charge is 0.240 e. The van der Waals surface area contributed by atoms with Crippen molar-refractivity contribution in [1.82, 2.24) is 4.72 Å². The van der Waals surface area contributed by atoms with Gasteiger partial charge in [-0.2, -0.15) is 0 Å². The molecule has 1 fully saturated rings. The van der Waals surface area contributed by atoms with Gasteiger partial charge in [0.2, 0.25) is 10.0 Å². The molecule has 0 bridgehead atoms. The number of hydrogen-bond donors (Lipinski definition) is 2. The summed E-state index contributed by atoms with van der Waals surface area (Å²) in [5, 5.41) is 0. The van der Waals surface area contributed by atoms with Crippen LogP contribution in [0.2, 0.25) is 0 Å². The number of halogens is 1. The largest absolute Gasteiger partial charge is 0.463 e. The van der Waals surface area contributed by atoms with Crippen molar-refractivity contribution >= 4 is 26.0 Å². The van der Waals surface area contributed by atoms with Crippen LogP contribution in [-0.2, 0) is 14.8 Å². The monoisotopic (exact) mass is 415 g/mol. The Kier molecular flexibility index (Phi) is 5.72. The molecule has 1 aromatic heterocycles. The summed E-state index contributed by atoms with van der Waals surface area (Å²) >= 11 is 3.31. The summed E-state index contributed by atoms with van der Waals surface area (Å²) in [4.78, 5) is 1.51. The third-order valence-corrected chi connectivity index (χ3v) is 6.08. The Labute approximate surface area is 150 Å². The van der Waals surface area contributed by atoms with E-state index in [0.29, 0.717) is 13.2 Å². The first-order valence-corrected chi connectivity index (χ1v) is 10.0. The molecule has 0 aliphatic carbocycles. The van der Waals surface area contributed by atoms with Crippen LogP contribution in [0, 0.1) is 0 Å². The number of ether oxygens (including phenoxy) is 1. The number of sulfonamides is 1. The van der Waals surface area contributed by atoms with E-state index >= 15 is 0 Å². The third-order valence-electron chi connectivity index (χ3n) is 4.12. The van der Waals surface area contributed by atoms with Gasteiger partial charge in [0.05, 0.1) is 30.9 Å². The van der Waals surface area contributed by atoms with Gasteiger partial charge in [-0.15, -0.1) is 0 Å². The molecule has 3 rings (SSSR count). The molecular formula is C16H20BrN2O4S+. The predicted octanol–water partition coefficient (Wildman–Crippen LogP) is 0.977. The van der Waals surface area contributed by atoms with Crippen LogP contribution < -0.4 is 9.62 Å². The van der Waals surface area contributed by atoms with Gasteiger partial charge in [-0.25, -0.2) is 13.1 Å². The van der Waals surface area contributed by atoms with E-state index in [2.05, 4.69) is 20.7 Å². The molecular weight excluding hydrogens is 396 g/mol. The van der Waals surface area contributed by atoms with Crippen molar-refractivity contribution in [3.8, 4) is 0 Å². The molecule has 8 heteroatoms. The average Bonchev–Trinajstić information content (AvgIpc) is 3.11. The summed E-state index contributed by atoms with van der Waals surface area (Å²) in [5.74, 6) is 0.783. The first-order valence-electron chi connectivity index (χ1n) is 7.77. The van der Waals surface area contributed by atoms with Crippen LogP contribution in [0.3, 0.4) is 0 Å². The minimum atomic E-state index is -3.56. The molecule has 0 unspecified atom stereocenters. The van der Waals surface area contributed by atoms with Crippen LogP contribution in [0.1, 0.15) is 11.8 Å². The summed E-state index contributed by atoms with van der Waals surface area (Å²) in [6.07, 6.45) is 1.62. The van der Waals surface area contributed by atoms with Crippen LogP contribution in [-0.4, -0.2) is 41.3 Å². The van der Waals surface area contributed by atoms with E-state index in [-0.39, 0.29) is 17.5 Å². The lowest BCUT2D eigenvalue weighted by Gasteiger charge is -2.30. The Hall–Kier alpha value is -1.19. The number of quaternary nitrogens is 1. The van der Waals surface area contributed by atoms with Gasteiger partial charge in [-0.05, 0) is 36.4 Å². The van der Waals surface area contributed by atoms with Crippen LogP contribution in [0.25, 0.3) is 0 Å². The quantitative estimate of drug-likeness (QED) is 0.737. The van der Waals surface area contributed by atoms with Crippen LogP contribution in [0.5, 0.6) is 0 Å². The second-order valence-corrected chi connectivity index (χ2v) is 8.33. The molecule has 2 N–H and O–H groups in total. The fourth-order valence-electron chi connectivity index (χ4n) is 2.81. The minimum absolute atomic E-state index is 0.0749. The molecule has 1 atom stereocenters. The van der Waals surface area contributed by atoms with E-state index in [4.69, 9.17) is 9.15 Å². The molecule has 0 saturated carbocycles. The van der Waals surface area contributed by atoms with E-state index in [0.717, 1.165) is 23.3 Å². The topological polar surface area (TPSA) is 73.0 Å². The summed E-state index contributed by atoms with van der Waals surface area (Å²) in [7, 11) is -3.56. The molecule has 130 valence electrons. The molecule has 1 aliphatic heterocycles. The van der Waals surface area contributed by atoms with Crippen molar-refractivity contribution in [2.45, 2.75) is 10.9 Å². The number of morpholine rings is 1. The van der Waals surface area contributed by atoms with Gasteiger partial charge in [0, 0.05) is 4.47 Å². The van der Waals surface area contributed by atoms with E-state index in [1.165, 1.54) is 4.90 Å². The van der Waals surface area contributed by atoms with Gasteiger partial charge in [0.25, 0.3) is 0 Å². The highest BCUT2D eigenvalue weighted by Crippen LogP contribution is 2.16. The fourth-order valence-corrected chi connectivity index (χ4v) is 4.12. The average molecular weight is 416 g/mol. The van der Waals surface area contributed by atoms with E-state index < -0.39 is 10.0 Å². The third kappa shape index (κ3) is 4.25. The fraction of sp³-hybridized carbons (Fsp3) is 0.375. The molecule has 1 aromatic carbocycles. The number of furan rings is 1. The molecule has 0 spiro atoms. The molecule has 6 nitrogen and oxygen atoms in total. The van der Waals surface area contributed by atoms with Crippen molar-refractivity contribution in [3.05, 3.63) is 52.9 Å². The molecule has 1 saturated heterocycles. The lowest BCUT2D eigenvalue weighted by molar-refractivity contribution is -0.938. The molecule has 0 radical (unpaired) electrons. The summed E-state index contributed by atoms with van der Waals surface area (Å²) in [6, 6.07) is 10.2. The van der Waals surface area contributed by atoms with Gasteiger partial charge in [-0.3, -0.25) is 0 Å². The Morgan fingerprint density at radius 3 is 2.50 bits per heavy atom. The van der Waals surface area contributed by atoms with Crippen molar-refractivity contribution in [3.63, 3.8) is 0 Å². The highest BCUT2D eigenvalue weighted by atomic mass is 79.9. The Morgan fingerprint density at radius 2 is 1.88 bits per heavy atom. The highest BCUT2D eigenvalue weighted by Gasteiger charge is 2.30. The minimum Gasteiger partial charge on any atom is -0.463 e. The van der Waals surface area contributed by atoms with Crippen LogP contribution >= 0.6 is 15.9 Å². The number of hydrogen-bond acceptors (Lipinski definition) is 4. The second kappa shape index (κ2) is 7.79. The molecule has 1 aliphatic rings. The lowest BCUT2D eigenvalue weighted by atomic mass is 10.2. The van der Waals surface area contributed by atoms with Crippen molar-refractivity contribution < 1.29 is 22.5 Å². The van der Waals surface area contributed by atoms with Crippen LogP contribution in [0.15, 0.2) is 56.4 Å². The first kappa shape index (κ1) is 17.6. The Bertz CT molecular complexity index is 741. The highest BCUT2D eigenvalue weighted by molar-refractivity contribution is 9.10. The van der Waals surface area contributed by atoms with Gasteiger partial charge >= 0.3 is 0 Å². The lowest BCUT2D eigenvalue weighted by Crippen LogP contribution is -3.15. The Balaban J connectivity index is 1.74. The standard InChI is InChI=1S/C16H19BrN2O4S/c17-13-3-5-14(6-4-13)24(20,21)18-12-15(16-2-1-9-23-16)19-7-10-22-11-8-19/h1-6,9,15,18H,7-8,10-12H2/p+1/t15-/m0/s1. The van der Waals surface area contributed by atoms with Gasteiger partial charge in [0.15, 0.2) is 11.8 Å². The van der Waals surface area contributed by atoms with E-state index in [1.807, 2.05) is 12.1 Å².